The normalized spacial score (nSPS) is 11.6. The molecule has 6 nitrogen and oxygen atoms in total. The van der Waals surface area contributed by atoms with Crippen molar-refractivity contribution in [1.82, 2.24) is 14.8 Å². The molecule has 0 aliphatic heterocycles. The summed E-state index contributed by atoms with van der Waals surface area (Å²) in [5, 5.41) is 12.6. The van der Waals surface area contributed by atoms with Crippen LogP contribution in [0.4, 0.5) is 19.0 Å². The number of hydrogen-bond donors (Lipinski definition) is 0. The predicted octanol–water partition coefficient (Wildman–Crippen LogP) is 3.12. The lowest BCUT2D eigenvalue weighted by molar-refractivity contribution is -0.137. The Morgan fingerprint density at radius 2 is 2.18 bits per heavy atom. The van der Waals surface area contributed by atoms with Crippen LogP contribution in [-0.4, -0.2) is 28.3 Å². The van der Waals surface area contributed by atoms with Gasteiger partial charge in [-0.3, -0.25) is 0 Å². The lowest BCUT2D eigenvalue weighted by Gasteiger charge is -2.09. The molecular formula is C12H7ClF3N5O. The highest BCUT2D eigenvalue weighted by molar-refractivity contribution is 6.32. The number of rotatable bonds is 3. The van der Waals surface area contributed by atoms with Crippen LogP contribution in [0.25, 0.3) is 5.82 Å². The summed E-state index contributed by atoms with van der Waals surface area (Å²) >= 11 is 5.84. The number of pyridine rings is 1. The fourth-order valence-electron chi connectivity index (χ4n) is 1.54. The molecule has 22 heavy (non-hydrogen) atoms. The Morgan fingerprint density at radius 1 is 1.45 bits per heavy atom. The highest BCUT2D eigenvalue weighted by Crippen LogP contribution is 2.33. The van der Waals surface area contributed by atoms with Crippen LogP contribution in [0.1, 0.15) is 11.1 Å². The number of nitrogens with zero attached hydrogens (tertiary/aromatic N) is 5. The average Bonchev–Trinajstić information content (AvgIpc) is 2.86. The third-order valence-electron chi connectivity index (χ3n) is 2.49. The lowest BCUT2D eigenvalue weighted by Crippen LogP contribution is -2.08. The monoisotopic (exact) mass is 329 g/mol. The lowest BCUT2D eigenvalue weighted by atomic mass is 10.3. The van der Waals surface area contributed by atoms with Crippen LogP contribution >= 0.6 is 11.6 Å². The molecule has 2 aromatic heterocycles. The van der Waals surface area contributed by atoms with Gasteiger partial charge in [0.2, 0.25) is 0 Å². The SMILES string of the molecule is COC=Nc1c(C#N)cnn1-c1ncc(C(F)(F)F)cc1Cl. The van der Waals surface area contributed by atoms with E-state index in [1.54, 1.807) is 0 Å². The van der Waals surface area contributed by atoms with Crippen molar-refractivity contribution in [1.29, 1.82) is 5.26 Å². The zero-order valence-electron chi connectivity index (χ0n) is 11.0. The first kappa shape index (κ1) is 15.8. The summed E-state index contributed by atoms with van der Waals surface area (Å²) in [7, 11) is 1.35. The van der Waals surface area contributed by atoms with Gasteiger partial charge in [0.1, 0.15) is 11.6 Å². The van der Waals surface area contributed by atoms with Crippen molar-refractivity contribution in [2.75, 3.05) is 7.11 Å². The molecule has 0 radical (unpaired) electrons. The van der Waals surface area contributed by atoms with Crippen LogP contribution < -0.4 is 0 Å². The molecule has 0 aliphatic rings. The maximum Gasteiger partial charge on any atom is 0.417 e. The van der Waals surface area contributed by atoms with Gasteiger partial charge in [0.15, 0.2) is 18.0 Å². The molecule has 0 spiro atoms. The molecule has 2 heterocycles. The molecule has 10 heteroatoms. The smallest absolute Gasteiger partial charge is 0.417 e. The first-order valence-corrected chi connectivity index (χ1v) is 6.03. The molecule has 0 atom stereocenters. The van der Waals surface area contributed by atoms with Gasteiger partial charge < -0.3 is 4.74 Å². The number of ether oxygens (including phenoxy) is 1. The highest BCUT2D eigenvalue weighted by atomic mass is 35.5. The van der Waals surface area contributed by atoms with E-state index in [-0.39, 0.29) is 22.2 Å². The van der Waals surface area contributed by atoms with E-state index in [4.69, 9.17) is 16.9 Å². The van der Waals surface area contributed by atoms with Gasteiger partial charge in [-0.25, -0.2) is 4.98 Å². The molecule has 0 saturated heterocycles. The van der Waals surface area contributed by atoms with Crippen molar-refractivity contribution in [2.24, 2.45) is 4.99 Å². The Balaban J connectivity index is 2.56. The predicted molar refractivity (Wildman–Crippen MR) is 71.2 cm³/mol. The number of halogens is 4. The fraction of sp³-hybridized carbons (Fsp3) is 0.167. The molecule has 0 aliphatic carbocycles. The van der Waals surface area contributed by atoms with E-state index in [1.807, 2.05) is 6.07 Å². The first-order valence-electron chi connectivity index (χ1n) is 5.65. The third-order valence-corrected chi connectivity index (χ3v) is 2.77. The fourth-order valence-corrected chi connectivity index (χ4v) is 1.79. The van der Waals surface area contributed by atoms with Crippen LogP contribution in [0.15, 0.2) is 23.5 Å². The number of methoxy groups -OCH3 is 1. The molecule has 2 rings (SSSR count). The Bertz CT molecular complexity index is 763. The molecular weight excluding hydrogens is 323 g/mol. The highest BCUT2D eigenvalue weighted by Gasteiger charge is 2.32. The van der Waals surface area contributed by atoms with Crippen LogP contribution in [0, 0.1) is 11.3 Å². The minimum Gasteiger partial charge on any atom is -0.486 e. The summed E-state index contributed by atoms with van der Waals surface area (Å²) in [5.74, 6) is -0.0436. The zero-order valence-corrected chi connectivity index (χ0v) is 11.7. The number of hydrogen-bond acceptors (Lipinski definition) is 5. The Kier molecular flexibility index (Phi) is 4.32. The summed E-state index contributed by atoms with van der Waals surface area (Å²) < 4.78 is 43.5. The van der Waals surface area contributed by atoms with Crippen LogP contribution in [-0.2, 0) is 10.9 Å². The number of aliphatic imine (C=N–C) groups is 1. The molecule has 114 valence electrons. The topological polar surface area (TPSA) is 76.1 Å². The molecule has 0 fully saturated rings. The summed E-state index contributed by atoms with van der Waals surface area (Å²) in [6, 6.07) is 2.57. The van der Waals surface area contributed by atoms with E-state index in [1.165, 1.54) is 13.3 Å². The van der Waals surface area contributed by atoms with Gasteiger partial charge in [-0.1, -0.05) is 11.6 Å². The van der Waals surface area contributed by atoms with Crippen molar-refractivity contribution in [2.45, 2.75) is 6.18 Å². The van der Waals surface area contributed by atoms with E-state index in [2.05, 4.69) is 19.8 Å². The van der Waals surface area contributed by atoms with Crippen LogP contribution in [0.2, 0.25) is 5.02 Å². The number of alkyl halides is 3. The van der Waals surface area contributed by atoms with E-state index in [0.29, 0.717) is 6.20 Å². The second-order valence-corrected chi connectivity index (χ2v) is 4.31. The minimum atomic E-state index is -4.56. The summed E-state index contributed by atoms with van der Waals surface area (Å²) in [4.78, 5) is 7.51. The van der Waals surface area contributed by atoms with E-state index < -0.39 is 11.7 Å². The van der Waals surface area contributed by atoms with Crippen molar-refractivity contribution < 1.29 is 17.9 Å². The molecule has 0 bridgehead atoms. The van der Waals surface area contributed by atoms with Gasteiger partial charge >= 0.3 is 6.18 Å². The summed E-state index contributed by atoms with van der Waals surface area (Å²) in [6.07, 6.45) is -1.70. The molecule has 2 aromatic rings. The van der Waals surface area contributed by atoms with Gasteiger partial charge in [-0.2, -0.15) is 33.2 Å². The number of aromatic nitrogens is 3. The summed E-state index contributed by atoms with van der Waals surface area (Å²) in [5.41, 5.74) is -0.901. The van der Waals surface area contributed by atoms with Crippen molar-refractivity contribution in [3.05, 3.63) is 34.6 Å². The minimum absolute atomic E-state index is 0.0403. The van der Waals surface area contributed by atoms with E-state index in [9.17, 15) is 13.2 Å². The molecule has 0 amide bonds. The van der Waals surface area contributed by atoms with Crippen molar-refractivity contribution in [3.63, 3.8) is 0 Å². The average molecular weight is 330 g/mol. The summed E-state index contributed by atoms with van der Waals surface area (Å²) in [6.45, 7) is 0. The molecule has 0 saturated carbocycles. The number of nitriles is 1. The van der Waals surface area contributed by atoms with E-state index in [0.717, 1.165) is 17.1 Å². The quantitative estimate of drug-likeness (QED) is 0.640. The standard InChI is InChI=1S/C12H7ClF3N5O/c1-22-6-19-10-7(3-17)4-20-21(10)11-9(13)2-8(5-18-11)12(14,15)16/h2,4-6H,1H3. The van der Waals surface area contributed by atoms with Gasteiger partial charge in [0, 0.05) is 6.20 Å². The maximum atomic E-state index is 12.6. The van der Waals surface area contributed by atoms with E-state index >= 15 is 0 Å². The Labute approximate surface area is 127 Å². The first-order chi connectivity index (χ1) is 10.4. The van der Waals surface area contributed by atoms with Gasteiger partial charge in [0.25, 0.3) is 0 Å². The van der Waals surface area contributed by atoms with Gasteiger partial charge in [-0.05, 0) is 6.07 Å². The molecule has 0 unspecified atom stereocenters. The van der Waals surface area contributed by atoms with Crippen molar-refractivity contribution in [3.8, 4) is 11.9 Å². The zero-order chi connectivity index (χ0) is 16.3. The molecule has 0 aromatic carbocycles. The Morgan fingerprint density at radius 3 is 2.73 bits per heavy atom. The van der Waals surface area contributed by atoms with Gasteiger partial charge in [-0.15, -0.1) is 0 Å². The largest absolute Gasteiger partial charge is 0.486 e. The van der Waals surface area contributed by atoms with Crippen LogP contribution in [0.3, 0.4) is 0 Å². The second-order valence-electron chi connectivity index (χ2n) is 3.90. The second kappa shape index (κ2) is 6.03. The Hall–Kier alpha value is -2.60. The molecule has 0 N–H and O–H groups in total. The third kappa shape index (κ3) is 3.01. The van der Waals surface area contributed by atoms with Crippen LogP contribution in [0.5, 0.6) is 0 Å². The van der Waals surface area contributed by atoms with Crippen molar-refractivity contribution >= 4 is 23.8 Å². The maximum absolute atomic E-state index is 12.6. The van der Waals surface area contributed by atoms with Gasteiger partial charge in [0.05, 0.1) is 23.9 Å².